The maximum atomic E-state index is 10.4. The normalized spacial score (nSPS) is 32.3. The Bertz CT molecular complexity index is 300. The second-order valence-electron chi connectivity index (χ2n) is 2.71. The summed E-state index contributed by atoms with van der Waals surface area (Å²) >= 11 is 0. The standard InChI is InChI=1S/C8H8N2O4/c11-9(12)7-3-1-2-4-8(6-5-7)10(13)14/h1-8H/b3-1-,4-2-,6-5-. The van der Waals surface area contributed by atoms with E-state index in [1.165, 1.54) is 36.5 Å². The van der Waals surface area contributed by atoms with E-state index in [1.807, 2.05) is 0 Å². The molecule has 2 unspecified atom stereocenters. The predicted molar refractivity (Wildman–Crippen MR) is 49.0 cm³/mol. The van der Waals surface area contributed by atoms with Crippen molar-refractivity contribution in [2.24, 2.45) is 0 Å². The quantitative estimate of drug-likeness (QED) is 0.374. The van der Waals surface area contributed by atoms with Gasteiger partial charge >= 0.3 is 0 Å². The minimum atomic E-state index is -0.984. The molecule has 0 saturated carbocycles. The fourth-order valence-corrected chi connectivity index (χ4v) is 0.993. The third kappa shape index (κ3) is 2.51. The van der Waals surface area contributed by atoms with Gasteiger partial charge in [-0.15, -0.1) is 0 Å². The van der Waals surface area contributed by atoms with Crippen LogP contribution in [0.2, 0.25) is 0 Å². The fraction of sp³-hybridized carbons (Fsp3) is 0.250. The van der Waals surface area contributed by atoms with Gasteiger partial charge in [0.2, 0.25) is 12.1 Å². The van der Waals surface area contributed by atoms with Gasteiger partial charge in [0.25, 0.3) is 0 Å². The number of nitro groups is 2. The highest BCUT2D eigenvalue weighted by Crippen LogP contribution is 2.04. The lowest BCUT2D eigenvalue weighted by molar-refractivity contribution is -0.501. The summed E-state index contributed by atoms with van der Waals surface area (Å²) in [6, 6.07) is -1.97. The van der Waals surface area contributed by atoms with Gasteiger partial charge in [-0.2, -0.15) is 0 Å². The van der Waals surface area contributed by atoms with Gasteiger partial charge in [-0.1, -0.05) is 12.2 Å². The molecular weight excluding hydrogens is 188 g/mol. The average molecular weight is 196 g/mol. The van der Waals surface area contributed by atoms with Crippen LogP contribution in [0.4, 0.5) is 0 Å². The van der Waals surface area contributed by atoms with Crippen molar-refractivity contribution in [1.82, 2.24) is 0 Å². The topological polar surface area (TPSA) is 86.3 Å². The third-order valence-corrected chi connectivity index (χ3v) is 1.72. The number of hydrogen-bond acceptors (Lipinski definition) is 4. The van der Waals surface area contributed by atoms with Crippen molar-refractivity contribution in [1.29, 1.82) is 0 Å². The first-order chi connectivity index (χ1) is 6.61. The second-order valence-corrected chi connectivity index (χ2v) is 2.71. The molecule has 0 aliphatic heterocycles. The number of allylic oxidation sites excluding steroid dienone is 2. The average Bonchev–Trinajstić information content (AvgIpc) is 2.01. The van der Waals surface area contributed by atoms with Gasteiger partial charge in [-0.3, -0.25) is 20.2 Å². The maximum absolute atomic E-state index is 10.4. The molecule has 0 radical (unpaired) electrons. The zero-order valence-corrected chi connectivity index (χ0v) is 7.15. The van der Waals surface area contributed by atoms with Crippen molar-refractivity contribution in [2.75, 3.05) is 0 Å². The molecular formula is C8H8N2O4. The first-order valence-corrected chi connectivity index (χ1v) is 3.91. The maximum Gasteiger partial charge on any atom is 0.250 e. The zero-order chi connectivity index (χ0) is 10.6. The molecule has 2 atom stereocenters. The van der Waals surface area contributed by atoms with Crippen LogP contribution in [0.1, 0.15) is 0 Å². The van der Waals surface area contributed by atoms with Gasteiger partial charge in [0, 0.05) is 9.85 Å². The van der Waals surface area contributed by atoms with Crippen LogP contribution < -0.4 is 0 Å². The van der Waals surface area contributed by atoms with Crippen LogP contribution in [0, 0.1) is 20.2 Å². The fourth-order valence-electron chi connectivity index (χ4n) is 0.993. The molecule has 0 aromatic carbocycles. The second kappa shape index (κ2) is 4.31. The molecule has 0 aromatic rings. The first-order valence-electron chi connectivity index (χ1n) is 3.91. The SMILES string of the molecule is O=[N+]([O-])C1/C=C\C=C/C([N+](=O)[O-])/C=C\1. The van der Waals surface area contributed by atoms with Gasteiger partial charge in [-0.25, -0.2) is 0 Å². The van der Waals surface area contributed by atoms with Gasteiger partial charge < -0.3 is 0 Å². The van der Waals surface area contributed by atoms with Crippen molar-refractivity contribution in [3.8, 4) is 0 Å². The Morgan fingerprint density at radius 3 is 1.43 bits per heavy atom. The molecule has 1 aliphatic carbocycles. The summed E-state index contributed by atoms with van der Waals surface area (Å²) in [5, 5.41) is 20.8. The monoisotopic (exact) mass is 196 g/mol. The van der Waals surface area contributed by atoms with Crippen LogP contribution in [0.25, 0.3) is 0 Å². The molecule has 0 heterocycles. The molecule has 0 N–H and O–H groups in total. The van der Waals surface area contributed by atoms with Gasteiger partial charge in [0.05, 0.1) is 0 Å². The zero-order valence-electron chi connectivity index (χ0n) is 7.15. The molecule has 0 bridgehead atoms. The Hall–Kier alpha value is -1.98. The Kier molecular flexibility index (Phi) is 3.11. The molecule has 0 spiro atoms. The summed E-state index contributed by atoms with van der Waals surface area (Å²) in [7, 11) is 0. The highest BCUT2D eigenvalue weighted by molar-refractivity contribution is 5.17. The largest absolute Gasteiger partial charge is 0.264 e. The summed E-state index contributed by atoms with van der Waals surface area (Å²) in [5.74, 6) is 0. The smallest absolute Gasteiger partial charge is 0.250 e. The van der Waals surface area contributed by atoms with Crippen LogP contribution in [-0.4, -0.2) is 21.9 Å². The molecule has 0 aromatic heterocycles. The van der Waals surface area contributed by atoms with Crippen molar-refractivity contribution in [3.05, 3.63) is 56.7 Å². The third-order valence-electron chi connectivity index (χ3n) is 1.72. The first kappa shape index (κ1) is 10.1. The molecule has 6 nitrogen and oxygen atoms in total. The van der Waals surface area contributed by atoms with Crippen molar-refractivity contribution < 1.29 is 9.85 Å². The van der Waals surface area contributed by atoms with Crippen molar-refractivity contribution in [3.63, 3.8) is 0 Å². The van der Waals surface area contributed by atoms with Gasteiger partial charge in [0.15, 0.2) is 0 Å². The van der Waals surface area contributed by atoms with E-state index in [9.17, 15) is 20.2 Å². The van der Waals surface area contributed by atoms with Crippen LogP contribution in [0.5, 0.6) is 0 Å². The molecule has 0 amide bonds. The predicted octanol–water partition coefficient (Wildman–Crippen LogP) is 0.959. The lowest BCUT2D eigenvalue weighted by Crippen LogP contribution is -2.18. The minimum Gasteiger partial charge on any atom is -0.264 e. The van der Waals surface area contributed by atoms with E-state index in [2.05, 4.69) is 0 Å². The molecule has 74 valence electrons. The lowest BCUT2D eigenvalue weighted by Gasteiger charge is -2.02. The minimum absolute atomic E-state index is 0.511. The molecule has 0 saturated heterocycles. The lowest BCUT2D eigenvalue weighted by atomic mass is 10.1. The van der Waals surface area contributed by atoms with Crippen molar-refractivity contribution in [2.45, 2.75) is 12.1 Å². The molecule has 0 fully saturated rings. The number of nitrogens with zero attached hydrogens (tertiary/aromatic N) is 2. The summed E-state index contributed by atoms with van der Waals surface area (Å²) in [4.78, 5) is 19.8. The van der Waals surface area contributed by atoms with Gasteiger partial charge in [0.1, 0.15) is 0 Å². The highest BCUT2D eigenvalue weighted by atomic mass is 16.6. The summed E-state index contributed by atoms with van der Waals surface area (Å²) in [6.07, 6.45) is 8.04. The van der Waals surface area contributed by atoms with E-state index in [4.69, 9.17) is 0 Å². The van der Waals surface area contributed by atoms with Gasteiger partial charge in [-0.05, 0) is 24.3 Å². The number of hydrogen-bond donors (Lipinski definition) is 0. The van der Waals surface area contributed by atoms with E-state index in [-0.39, 0.29) is 0 Å². The van der Waals surface area contributed by atoms with E-state index in [1.54, 1.807) is 0 Å². The highest BCUT2D eigenvalue weighted by Gasteiger charge is 2.17. The summed E-state index contributed by atoms with van der Waals surface area (Å²) in [6.45, 7) is 0. The van der Waals surface area contributed by atoms with E-state index >= 15 is 0 Å². The molecule has 6 heteroatoms. The Morgan fingerprint density at radius 1 is 0.786 bits per heavy atom. The summed E-state index contributed by atoms with van der Waals surface area (Å²) < 4.78 is 0. The molecule has 1 rings (SSSR count). The van der Waals surface area contributed by atoms with Crippen LogP contribution >= 0.6 is 0 Å². The van der Waals surface area contributed by atoms with E-state index in [0.29, 0.717) is 0 Å². The van der Waals surface area contributed by atoms with Crippen molar-refractivity contribution >= 4 is 0 Å². The molecule has 14 heavy (non-hydrogen) atoms. The van der Waals surface area contributed by atoms with Crippen LogP contribution in [0.15, 0.2) is 36.5 Å². The molecule has 1 aliphatic rings. The van der Waals surface area contributed by atoms with E-state index in [0.717, 1.165) is 0 Å². The van der Waals surface area contributed by atoms with E-state index < -0.39 is 21.9 Å². The Morgan fingerprint density at radius 2 is 1.14 bits per heavy atom. The Labute approximate surface area is 79.5 Å². The number of rotatable bonds is 2. The van der Waals surface area contributed by atoms with Crippen LogP contribution in [-0.2, 0) is 0 Å². The summed E-state index contributed by atoms with van der Waals surface area (Å²) in [5.41, 5.74) is 0. The van der Waals surface area contributed by atoms with Crippen LogP contribution in [0.3, 0.4) is 0 Å². The Balaban J connectivity index is 2.88.